The van der Waals surface area contributed by atoms with Gasteiger partial charge in [0.1, 0.15) is 29.5 Å². The maximum absolute atomic E-state index is 13.3. The molecule has 140 valence electrons. The number of ether oxygens (including phenoxy) is 3. The Kier molecular flexibility index (Phi) is 5.40. The fourth-order valence-electron chi connectivity index (χ4n) is 2.60. The molecule has 0 unspecified atom stereocenters. The van der Waals surface area contributed by atoms with Crippen molar-refractivity contribution in [2.75, 3.05) is 13.7 Å². The second-order valence-electron chi connectivity index (χ2n) is 5.81. The van der Waals surface area contributed by atoms with Gasteiger partial charge in [-0.15, -0.1) is 0 Å². The fourth-order valence-corrected chi connectivity index (χ4v) is 2.60. The van der Waals surface area contributed by atoms with Crippen molar-refractivity contribution < 1.29 is 27.8 Å². The predicted octanol–water partition coefficient (Wildman–Crippen LogP) is 3.37. The van der Waals surface area contributed by atoms with Gasteiger partial charge in [0.15, 0.2) is 6.61 Å². The molecule has 0 amide bonds. The van der Waals surface area contributed by atoms with E-state index < -0.39 is 17.4 Å². The van der Waals surface area contributed by atoms with Crippen molar-refractivity contribution >= 4 is 16.9 Å². The minimum Gasteiger partial charge on any atom is -0.496 e. The van der Waals surface area contributed by atoms with Crippen LogP contribution in [0.1, 0.15) is 11.1 Å². The maximum Gasteiger partial charge on any atom is 0.344 e. The van der Waals surface area contributed by atoms with Crippen LogP contribution in [0.4, 0.5) is 4.39 Å². The van der Waals surface area contributed by atoms with Crippen LogP contribution in [0.2, 0.25) is 0 Å². The summed E-state index contributed by atoms with van der Waals surface area (Å²) in [7, 11) is 1.45. The summed E-state index contributed by atoms with van der Waals surface area (Å²) in [4.78, 5) is 23.4. The molecule has 0 N–H and O–H groups in total. The summed E-state index contributed by atoms with van der Waals surface area (Å²) in [6.45, 7) is 1.31. The molecule has 0 aliphatic heterocycles. The van der Waals surface area contributed by atoms with E-state index in [1.165, 1.54) is 37.4 Å². The van der Waals surface area contributed by atoms with Crippen molar-refractivity contribution in [1.29, 1.82) is 0 Å². The van der Waals surface area contributed by atoms with Gasteiger partial charge < -0.3 is 18.6 Å². The molecule has 3 aromatic rings. The number of hydrogen-bond acceptors (Lipinski definition) is 6. The second-order valence-corrected chi connectivity index (χ2v) is 5.81. The molecule has 0 atom stereocenters. The molecule has 7 heteroatoms. The summed E-state index contributed by atoms with van der Waals surface area (Å²) in [6, 6.07) is 10.3. The standard InChI is InChI=1S/C20H17FO6/c1-12-7-19(22)27-18-9-15(4-5-16(12)18)25-11-20(23)26-10-13-8-14(21)3-6-17(13)24-2/h3-9H,10-11H2,1-2H3. The van der Waals surface area contributed by atoms with E-state index in [9.17, 15) is 14.0 Å². The van der Waals surface area contributed by atoms with Gasteiger partial charge in [0, 0.05) is 23.1 Å². The molecule has 1 heterocycles. The van der Waals surface area contributed by atoms with Crippen molar-refractivity contribution in [2.45, 2.75) is 13.5 Å². The van der Waals surface area contributed by atoms with Crippen LogP contribution in [0.25, 0.3) is 11.0 Å². The van der Waals surface area contributed by atoms with Crippen LogP contribution in [0.5, 0.6) is 11.5 Å². The Bertz CT molecular complexity index is 1040. The molecule has 0 fully saturated rings. The third-order valence-corrected chi connectivity index (χ3v) is 3.91. The van der Waals surface area contributed by atoms with Gasteiger partial charge in [-0.1, -0.05) is 0 Å². The third kappa shape index (κ3) is 4.44. The van der Waals surface area contributed by atoms with Gasteiger partial charge in [-0.05, 0) is 42.8 Å². The number of carbonyl (C=O) groups is 1. The maximum atomic E-state index is 13.3. The highest BCUT2D eigenvalue weighted by molar-refractivity contribution is 5.81. The van der Waals surface area contributed by atoms with Gasteiger partial charge in [0.25, 0.3) is 0 Å². The van der Waals surface area contributed by atoms with E-state index in [1.807, 2.05) is 0 Å². The molecule has 0 aliphatic carbocycles. The zero-order valence-electron chi connectivity index (χ0n) is 14.8. The van der Waals surface area contributed by atoms with E-state index in [0.717, 1.165) is 10.9 Å². The van der Waals surface area contributed by atoms with Crippen LogP contribution in [0.15, 0.2) is 51.7 Å². The highest BCUT2D eigenvalue weighted by atomic mass is 19.1. The van der Waals surface area contributed by atoms with Crippen LogP contribution in [-0.2, 0) is 16.1 Å². The van der Waals surface area contributed by atoms with Crippen molar-refractivity contribution in [3.63, 3.8) is 0 Å². The van der Waals surface area contributed by atoms with Crippen molar-refractivity contribution in [2.24, 2.45) is 0 Å². The second kappa shape index (κ2) is 7.90. The van der Waals surface area contributed by atoms with Crippen LogP contribution in [0, 0.1) is 12.7 Å². The molecule has 0 radical (unpaired) electrons. The number of carbonyl (C=O) groups excluding carboxylic acids is 1. The van der Waals surface area contributed by atoms with Gasteiger partial charge in [-0.25, -0.2) is 14.0 Å². The van der Waals surface area contributed by atoms with E-state index >= 15 is 0 Å². The molecule has 0 saturated carbocycles. The lowest BCUT2D eigenvalue weighted by Crippen LogP contribution is -2.15. The minimum atomic E-state index is -0.632. The Morgan fingerprint density at radius 2 is 1.96 bits per heavy atom. The minimum absolute atomic E-state index is 0.144. The van der Waals surface area contributed by atoms with Crippen LogP contribution in [-0.4, -0.2) is 19.7 Å². The number of hydrogen-bond donors (Lipinski definition) is 0. The van der Waals surface area contributed by atoms with E-state index in [0.29, 0.717) is 22.6 Å². The van der Waals surface area contributed by atoms with Crippen molar-refractivity contribution in [1.82, 2.24) is 0 Å². The average Bonchev–Trinajstić information content (AvgIpc) is 2.64. The Labute approximate surface area is 154 Å². The van der Waals surface area contributed by atoms with Gasteiger partial charge >= 0.3 is 11.6 Å². The SMILES string of the molecule is COc1ccc(F)cc1COC(=O)COc1ccc2c(C)cc(=O)oc2c1. The zero-order valence-corrected chi connectivity index (χ0v) is 14.8. The topological polar surface area (TPSA) is 75.0 Å². The first-order chi connectivity index (χ1) is 13.0. The first-order valence-corrected chi connectivity index (χ1v) is 8.11. The Morgan fingerprint density at radius 1 is 1.15 bits per heavy atom. The molecule has 2 aromatic carbocycles. The molecule has 0 spiro atoms. The largest absolute Gasteiger partial charge is 0.496 e. The number of halogens is 1. The summed E-state index contributed by atoms with van der Waals surface area (Å²) in [5, 5.41) is 0.780. The number of benzene rings is 2. The number of fused-ring (bicyclic) bond motifs is 1. The number of esters is 1. The molecule has 1 aromatic heterocycles. The summed E-state index contributed by atoms with van der Waals surface area (Å²) < 4.78 is 34.0. The zero-order chi connectivity index (χ0) is 19.4. The van der Waals surface area contributed by atoms with Gasteiger partial charge in [0.2, 0.25) is 0 Å². The molecule has 0 saturated heterocycles. The number of rotatable bonds is 6. The molecule has 0 aliphatic rings. The van der Waals surface area contributed by atoms with E-state index in [2.05, 4.69) is 0 Å². The van der Waals surface area contributed by atoms with Crippen molar-refractivity contribution in [3.05, 3.63) is 69.8 Å². The van der Waals surface area contributed by atoms with Crippen LogP contribution in [0.3, 0.4) is 0 Å². The average molecular weight is 372 g/mol. The smallest absolute Gasteiger partial charge is 0.344 e. The van der Waals surface area contributed by atoms with E-state index in [4.69, 9.17) is 18.6 Å². The van der Waals surface area contributed by atoms with Crippen LogP contribution >= 0.6 is 0 Å². The Morgan fingerprint density at radius 3 is 2.74 bits per heavy atom. The highest BCUT2D eigenvalue weighted by Crippen LogP contribution is 2.23. The Balaban J connectivity index is 1.62. The van der Waals surface area contributed by atoms with E-state index in [1.54, 1.807) is 19.1 Å². The summed E-state index contributed by atoms with van der Waals surface area (Å²) in [5.41, 5.74) is 1.11. The summed E-state index contributed by atoms with van der Waals surface area (Å²) in [6.07, 6.45) is 0. The predicted molar refractivity (Wildman–Crippen MR) is 95.5 cm³/mol. The number of aryl methyl sites for hydroxylation is 1. The van der Waals surface area contributed by atoms with Gasteiger partial charge in [-0.2, -0.15) is 0 Å². The number of methoxy groups -OCH3 is 1. The van der Waals surface area contributed by atoms with E-state index in [-0.39, 0.29) is 13.2 Å². The monoisotopic (exact) mass is 372 g/mol. The van der Waals surface area contributed by atoms with Gasteiger partial charge in [0.05, 0.1) is 7.11 Å². The lowest BCUT2D eigenvalue weighted by atomic mass is 10.1. The summed E-state index contributed by atoms with van der Waals surface area (Å²) in [5.74, 6) is -0.306. The lowest BCUT2D eigenvalue weighted by Gasteiger charge is -2.10. The third-order valence-electron chi connectivity index (χ3n) is 3.91. The first-order valence-electron chi connectivity index (χ1n) is 8.11. The summed E-state index contributed by atoms with van der Waals surface area (Å²) >= 11 is 0. The highest BCUT2D eigenvalue weighted by Gasteiger charge is 2.10. The normalized spacial score (nSPS) is 10.6. The van der Waals surface area contributed by atoms with Crippen molar-refractivity contribution in [3.8, 4) is 11.5 Å². The quantitative estimate of drug-likeness (QED) is 0.488. The fraction of sp³-hybridized carbons (Fsp3) is 0.200. The molecule has 3 rings (SSSR count). The molecule has 0 bridgehead atoms. The molecule has 27 heavy (non-hydrogen) atoms. The molecule has 6 nitrogen and oxygen atoms in total. The lowest BCUT2D eigenvalue weighted by molar-refractivity contribution is -0.147. The molecular formula is C20H17FO6. The van der Waals surface area contributed by atoms with Gasteiger partial charge in [-0.3, -0.25) is 0 Å². The van der Waals surface area contributed by atoms with Crippen LogP contribution < -0.4 is 15.1 Å². The first kappa shape index (κ1) is 18.4. The Hall–Kier alpha value is -3.35. The molecular weight excluding hydrogens is 355 g/mol.